The summed E-state index contributed by atoms with van der Waals surface area (Å²) in [6.45, 7) is 6.49. The minimum atomic E-state index is -0.602. The van der Waals surface area contributed by atoms with Gasteiger partial charge >= 0.3 is 0 Å². The van der Waals surface area contributed by atoms with Crippen LogP contribution in [0.4, 0.5) is 0 Å². The third kappa shape index (κ3) is 3.34. The van der Waals surface area contributed by atoms with E-state index in [4.69, 9.17) is 0 Å². The summed E-state index contributed by atoms with van der Waals surface area (Å²) in [5.74, 6) is 1.92. The van der Waals surface area contributed by atoms with Crippen LogP contribution in [0.2, 0.25) is 0 Å². The molecule has 1 rings (SSSR count). The molecule has 0 spiro atoms. The number of hydrogen-bond donors (Lipinski definition) is 0. The molecule has 0 radical (unpaired) electrons. The van der Waals surface area contributed by atoms with Crippen LogP contribution in [0.1, 0.15) is 13.8 Å². The molecular formula is C7H16ClNOS2. The maximum atomic E-state index is 11.0. The lowest BCUT2D eigenvalue weighted by Crippen LogP contribution is -2.37. The van der Waals surface area contributed by atoms with Crippen molar-refractivity contribution in [2.24, 2.45) is 0 Å². The van der Waals surface area contributed by atoms with Crippen molar-refractivity contribution < 1.29 is 4.55 Å². The van der Waals surface area contributed by atoms with Crippen molar-refractivity contribution >= 4 is 33.4 Å². The molecule has 1 fully saturated rings. The highest BCUT2D eigenvalue weighted by atomic mass is 35.5. The monoisotopic (exact) mass is 229 g/mol. The van der Waals surface area contributed by atoms with Crippen molar-refractivity contribution in [2.45, 2.75) is 19.9 Å². The molecule has 0 bridgehead atoms. The zero-order valence-corrected chi connectivity index (χ0v) is 9.94. The molecule has 5 heteroatoms. The van der Waals surface area contributed by atoms with Gasteiger partial charge in [0.05, 0.1) is 22.6 Å². The van der Waals surface area contributed by atoms with Crippen molar-refractivity contribution in [1.82, 2.24) is 4.90 Å². The van der Waals surface area contributed by atoms with Crippen molar-refractivity contribution in [1.29, 1.82) is 0 Å². The van der Waals surface area contributed by atoms with Crippen molar-refractivity contribution in [3.8, 4) is 0 Å². The van der Waals surface area contributed by atoms with E-state index in [0.717, 1.165) is 24.6 Å². The Bertz CT molecular complexity index is 124. The van der Waals surface area contributed by atoms with Gasteiger partial charge in [-0.2, -0.15) is 0 Å². The second-order valence-corrected chi connectivity index (χ2v) is 5.96. The van der Waals surface area contributed by atoms with Crippen LogP contribution in [0.15, 0.2) is 0 Å². The number of hydrogen-bond acceptors (Lipinski definition) is 3. The van der Waals surface area contributed by atoms with E-state index in [9.17, 15) is 4.55 Å². The molecule has 0 aromatic carbocycles. The molecule has 0 saturated carbocycles. The molecule has 0 aliphatic carbocycles. The largest absolute Gasteiger partial charge is 0.605 e. The Hall–Kier alpha value is 0.910. The van der Waals surface area contributed by atoms with Gasteiger partial charge in [-0.3, -0.25) is 4.90 Å². The maximum Gasteiger partial charge on any atom is 0.134 e. The van der Waals surface area contributed by atoms with Gasteiger partial charge in [0.15, 0.2) is 0 Å². The Labute approximate surface area is 87.5 Å². The average Bonchev–Trinajstić information content (AvgIpc) is 2.39. The lowest BCUT2D eigenvalue weighted by Gasteiger charge is -2.22. The molecule has 1 saturated heterocycles. The third-order valence-electron chi connectivity index (χ3n) is 2.05. The first-order chi connectivity index (χ1) is 5.27. The summed E-state index contributed by atoms with van der Waals surface area (Å²) in [6, 6.07) is 0.566. The van der Waals surface area contributed by atoms with E-state index in [0.29, 0.717) is 6.04 Å². The Kier molecular flexibility index (Phi) is 6.86. The summed E-state index contributed by atoms with van der Waals surface area (Å²) in [5.41, 5.74) is 0. The highest BCUT2D eigenvalue weighted by Crippen LogP contribution is 2.26. The zero-order chi connectivity index (χ0) is 8.27. The molecule has 0 aromatic rings. The van der Waals surface area contributed by atoms with Crippen LogP contribution in [0.5, 0.6) is 0 Å². The minimum absolute atomic E-state index is 0. The number of halogens is 1. The van der Waals surface area contributed by atoms with Crippen LogP contribution < -0.4 is 0 Å². The summed E-state index contributed by atoms with van der Waals surface area (Å²) in [6.07, 6.45) is 0. The Morgan fingerprint density at radius 3 is 2.42 bits per heavy atom. The highest BCUT2D eigenvalue weighted by Gasteiger charge is 2.31. The molecule has 1 heterocycles. The Balaban J connectivity index is 0.00000121. The molecule has 1 aliphatic heterocycles. The van der Waals surface area contributed by atoms with Gasteiger partial charge in [0.25, 0.3) is 0 Å². The predicted octanol–water partition coefficient (Wildman–Crippen LogP) is 1.53. The van der Waals surface area contributed by atoms with Crippen molar-refractivity contribution in [3.05, 3.63) is 0 Å². The molecule has 0 amide bonds. The molecule has 74 valence electrons. The molecule has 2 unspecified atom stereocenters. The lowest BCUT2D eigenvalue weighted by molar-refractivity contribution is 0.254. The van der Waals surface area contributed by atoms with Gasteiger partial charge in [0.1, 0.15) is 5.75 Å². The van der Waals surface area contributed by atoms with Crippen molar-refractivity contribution in [3.63, 3.8) is 0 Å². The summed E-state index contributed by atoms with van der Waals surface area (Å²) < 4.78 is 11.0. The fraction of sp³-hybridized carbons (Fsp3) is 1.00. The molecule has 2 nitrogen and oxygen atoms in total. The lowest BCUT2D eigenvalue weighted by atomic mass is 10.3. The van der Waals surface area contributed by atoms with E-state index in [2.05, 4.69) is 18.7 Å². The summed E-state index contributed by atoms with van der Waals surface area (Å²) >= 11 is 0. The van der Waals surface area contributed by atoms with Gasteiger partial charge in [-0.05, 0) is 13.1 Å². The number of nitrogens with zero attached hydrogens (tertiary/aromatic N) is 1. The second-order valence-electron chi connectivity index (χ2n) is 2.63. The quantitative estimate of drug-likeness (QED) is 0.543. The van der Waals surface area contributed by atoms with E-state index >= 15 is 0 Å². The summed E-state index contributed by atoms with van der Waals surface area (Å²) in [4.78, 5) is 2.39. The van der Waals surface area contributed by atoms with Crippen LogP contribution in [0.25, 0.3) is 0 Å². The highest BCUT2D eigenvalue weighted by molar-refractivity contribution is 8.72. The zero-order valence-electron chi connectivity index (χ0n) is 7.49. The van der Waals surface area contributed by atoms with Crippen LogP contribution >= 0.6 is 23.2 Å². The van der Waals surface area contributed by atoms with Gasteiger partial charge in [0.2, 0.25) is 0 Å². The van der Waals surface area contributed by atoms with Crippen LogP contribution in [-0.2, 0) is 10.2 Å². The smallest absolute Gasteiger partial charge is 0.134 e. The molecule has 0 N–H and O–H groups in total. The topological polar surface area (TPSA) is 26.3 Å². The molecule has 2 atom stereocenters. The van der Waals surface area contributed by atoms with Crippen molar-refractivity contribution in [2.75, 3.05) is 24.6 Å². The molecular weight excluding hydrogens is 214 g/mol. The van der Waals surface area contributed by atoms with E-state index < -0.39 is 10.2 Å². The Morgan fingerprint density at radius 1 is 1.50 bits per heavy atom. The Morgan fingerprint density at radius 2 is 2.08 bits per heavy atom. The van der Waals surface area contributed by atoms with Gasteiger partial charge in [-0.1, -0.05) is 13.8 Å². The van der Waals surface area contributed by atoms with Gasteiger partial charge in [-0.15, -0.1) is 12.4 Å². The summed E-state index contributed by atoms with van der Waals surface area (Å²) in [5, 5.41) is 0. The normalized spacial score (nSPS) is 29.0. The minimum Gasteiger partial charge on any atom is -0.605 e. The van der Waals surface area contributed by atoms with E-state index in [1.165, 1.54) is 0 Å². The van der Waals surface area contributed by atoms with Crippen LogP contribution in [-0.4, -0.2) is 40.1 Å². The third-order valence-corrected chi connectivity index (χ3v) is 5.09. The number of rotatable bonds is 3. The molecule has 12 heavy (non-hydrogen) atoms. The summed E-state index contributed by atoms with van der Waals surface area (Å²) in [7, 11) is 0.993. The first-order valence-corrected chi connectivity index (χ1v) is 6.85. The van der Waals surface area contributed by atoms with Gasteiger partial charge in [-0.25, -0.2) is 0 Å². The van der Waals surface area contributed by atoms with Crippen LogP contribution in [0, 0.1) is 0 Å². The predicted molar refractivity (Wildman–Crippen MR) is 59.4 cm³/mol. The molecule has 0 aromatic heterocycles. The van der Waals surface area contributed by atoms with Gasteiger partial charge < -0.3 is 4.55 Å². The van der Waals surface area contributed by atoms with Crippen LogP contribution in [0.3, 0.4) is 0 Å². The first-order valence-electron chi connectivity index (χ1n) is 4.03. The SMILES string of the molecule is CCN(CC)C1CS[S+]([O-])C1.Cl. The fourth-order valence-corrected chi connectivity index (χ4v) is 4.57. The van der Waals surface area contributed by atoms with E-state index in [1.54, 1.807) is 10.8 Å². The maximum absolute atomic E-state index is 11.0. The van der Waals surface area contributed by atoms with E-state index in [1.807, 2.05) is 0 Å². The average molecular weight is 230 g/mol. The fourth-order valence-electron chi connectivity index (χ4n) is 1.36. The first kappa shape index (κ1) is 12.9. The van der Waals surface area contributed by atoms with E-state index in [-0.39, 0.29) is 12.4 Å². The van der Waals surface area contributed by atoms with Gasteiger partial charge in [0, 0.05) is 10.2 Å². The molecule has 1 aliphatic rings. The standard InChI is InChI=1S/C7H15NOS2.ClH/c1-3-8(4-2)7-5-10-11(9)6-7;/h7H,3-6H2,1-2H3;1H. The second kappa shape index (κ2) is 6.38.